The first-order valence-corrected chi connectivity index (χ1v) is 9.54. The van der Waals surface area contributed by atoms with Gasteiger partial charge in [-0.15, -0.1) is 0 Å². The van der Waals surface area contributed by atoms with Gasteiger partial charge in [-0.05, 0) is 37.1 Å². The summed E-state index contributed by atoms with van der Waals surface area (Å²) in [7, 11) is 4.31. The average Bonchev–Trinajstić information content (AvgIpc) is 2.59. The van der Waals surface area contributed by atoms with E-state index in [9.17, 15) is 0 Å². The predicted octanol–water partition coefficient (Wildman–Crippen LogP) is 5.42. The first-order chi connectivity index (χ1) is 11.6. The largest absolute Gasteiger partial charge is 0.374 e. The van der Waals surface area contributed by atoms with Crippen LogP contribution in [0.5, 0.6) is 0 Å². The van der Waals surface area contributed by atoms with Crippen molar-refractivity contribution < 1.29 is 0 Å². The van der Waals surface area contributed by atoms with Crippen LogP contribution in [0.1, 0.15) is 26.7 Å². The van der Waals surface area contributed by atoms with E-state index in [4.69, 9.17) is 4.98 Å². The summed E-state index contributed by atoms with van der Waals surface area (Å²) in [6.07, 6.45) is 2.31. The first kappa shape index (κ1) is 16.9. The lowest BCUT2D eigenvalue weighted by molar-refractivity contribution is 0.853. The monoisotopic (exact) mass is 340 g/mol. The summed E-state index contributed by atoms with van der Waals surface area (Å²) >= 11 is 1.83. The highest BCUT2D eigenvalue weighted by atomic mass is 32.1. The summed E-state index contributed by atoms with van der Waals surface area (Å²) in [5, 5.41) is 0. The fraction of sp³-hybridized carbons (Fsp3) is 0.400. The molecule has 0 N–H and O–H groups in total. The second-order valence-electron chi connectivity index (χ2n) is 6.36. The van der Waals surface area contributed by atoms with Gasteiger partial charge in [-0.3, -0.25) is 0 Å². The van der Waals surface area contributed by atoms with E-state index in [-0.39, 0.29) is 0 Å². The van der Waals surface area contributed by atoms with Gasteiger partial charge >= 0.3 is 0 Å². The summed E-state index contributed by atoms with van der Waals surface area (Å²) in [5.74, 6) is 0. The Kier molecular flexibility index (Phi) is 5.14. The van der Waals surface area contributed by atoms with E-state index in [1.807, 2.05) is 11.3 Å². The maximum atomic E-state index is 4.84. The van der Waals surface area contributed by atoms with Gasteiger partial charge in [0.15, 0.2) is 0 Å². The summed E-state index contributed by atoms with van der Waals surface area (Å²) in [4.78, 5) is 9.46. The van der Waals surface area contributed by atoms with Crippen LogP contribution >= 0.6 is 11.3 Å². The van der Waals surface area contributed by atoms with Crippen LogP contribution < -0.4 is 9.80 Å². The molecule has 1 heterocycles. The number of aromatic nitrogens is 1. The van der Waals surface area contributed by atoms with Crippen molar-refractivity contribution in [1.82, 2.24) is 4.98 Å². The zero-order valence-electron chi connectivity index (χ0n) is 15.0. The molecule has 24 heavy (non-hydrogen) atoms. The molecule has 0 aliphatic heterocycles. The molecule has 0 fully saturated rings. The lowest BCUT2D eigenvalue weighted by atomic mass is 10.2. The van der Waals surface area contributed by atoms with E-state index in [1.165, 1.54) is 20.8 Å². The van der Waals surface area contributed by atoms with Crippen LogP contribution in [0.4, 0.5) is 11.4 Å². The van der Waals surface area contributed by atoms with E-state index in [2.05, 4.69) is 74.1 Å². The summed E-state index contributed by atoms with van der Waals surface area (Å²) < 4.78 is 2.50. The molecule has 4 heteroatoms. The maximum Gasteiger partial charge on any atom is 0.259 e. The van der Waals surface area contributed by atoms with Gasteiger partial charge in [-0.25, -0.2) is 4.98 Å². The minimum atomic E-state index is 1.07. The van der Waals surface area contributed by atoms with Crippen LogP contribution in [0, 0.1) is 0 Å². The molecule has 0 saturated carbocycles. The van der Waals surface area contributed by atoms with Crippen molar-refractivity contribution >= 4 is 43.1 Å². The zero-order chi connectivity index (χ0) is 17.1. The van der Waals surface area contributed by atoms with Crippen molar-refractivity contribution in [3.63, 3.8) is 0 Å². The van der Waals surface area contributed by atoms with Gasteiger partial charge in [-0.2, -0.15) is 0 Å². The third-order valence-corrected chi connectivity index (χ3v) is 5.44. The van der Waals surface area contributed by atoms with E-state index in [0.717, 1.165) is 37.0 Å². The van der Waals surface area contributed by atoms with Crippen molar-refractivity contribution in [2.75, 3.05) is 37.0 Å². The quantitative estimate of drug-likeness (QED) is 0.441. The lowest BCUT2D eigenvalue weighted by Crippen LogP contribution is -2.17. The molecule has 0 atom stereocenters. The molecule has 0 spiro atoms. The number of rotatable bonds is 6. The molecule has 0 radical (unpaired) electrons. The molecule has 3 aromatic rings. The van der Waals surface area contributed by atoms with Gasteiger partial charge in [0.1, 0.15) is 11.0 Å². The van der Waals surface area contributed by atoms with Crippen LogP contribution in [0.2, 0.25) is 0 Å². The Morgan fingerprint density at radius 3 is 1.67 bits per heavy atom. The molecular weight excluding hydrogens is 314 g/mol. The highest BCUT2D eigenvalue weighted by molar-refractivity contribution is 7.24. The Morgan fingerprint density at radius 1 is 0.792 bits per heavy atom. The topological polar surface area (TPSA) is 19.4 Å². The summed E-state index contributed by atoms with van der Waals surface area (Å²) in [6.45, 7) is 6.57. The minimum Gasteiger partial charge on any atom is -0.374 e. The molecule has 0 aliphatic rings. The highest BCUT2D eigenvalue weighted by Gasteiger charge is 2.15. The molecule has 3 rings (SSSR count). The highest BCUT2D eigenvalue weighted by Crippen LogP contribution is 2.31. The van der Waals surface area contributed by atoms with E-state index < -0.39 is 0 Å². The summed E-state index contributed by atoms with van der Waals surface area (Å²) in [6, 6.07) is 13.2. The number of benzene rings is 2. The molecule has 126 valence electrons. The van der Waals surface area contributed by atoms with Gasteiger partial charge < -0.3 is 9.80 Å². The third kappa shape index (κ3) is 3.44. The van der Waals surface area contributed by atoms with Crippen LogP contribution in [0.25, 0.3) is 20.4 Å². The van der Waals surface area contributed by atoms with Crippen LogP contribution in [0.3, 0.4) is 0 Å². The van der Waals surface area contributed by atoms with Gasteiger partial charge in [0.25, 0.3) is 9.40 Å². The SMILES string of the molecule is CCCN(C)c1ccc2nc3ccc(N(C)CCC)cc3[s+]c2c1. The molecule has 0 aliphatic carbocycles. The number of fused-ring (bicyclic) bond motifs is 2. The number of nitrogens with zero attached hydrogens (tertiary/aromatic N) is 3. The number of hydrogen-bond donors (Lipinski definition) is 0. The fourth-order valence-corrected chi connectivity index (χ4v) is 4.04. The molecule has 0 unspecified atom stereocenters. The van der Waals surface area contributed by atoms with Crippen LogP contribution in [-0.4, -0.2) is 32.2 Å². The molecule has 1 aromatic heterocycles. The lowest BCUT2D eigenvalue weighted by Gasteiger charge is -2.18. The van der Waals surface area contributed by atoms with Crippen molar-refractivity contribution in [3.05, 3.63) is 36.4 Å². The number of hydrogen-bond acceptors (Lipinski definition) is 3. The molecule has 3 nitrogen and oxygen atoms in total. The maximum absolute atomic E-state index is 4.84. The zero-order valence-corrected chi connectivity index (χ0v) is 15.9. The molecule has 2 aromatic carbocycles. The average molecular weight is 341 g/mol. The normalized spacial score (nSPS) is 11.2. The predicted molar refractivity (Wildman–Crippen MR) is 109 cm³/mol. The van der Waals surface area contributed by atoms with Crippen molar-refractivity contribution in [2.24, 2.45) is 0 Å². The first-order valence-electron chi connectivity index (χ1n) is 8.72. The van der Waals surface area contributed by atoms with E-state index in [0.29, 0.717) is 0 Å². The Morgan fingerprint density at radius 2 is 1.25 bits per heavy atom. The van der Waals surface area contributed by atoms with E-state index in [1.54, 1.807) is 0 Å². The van der Waals surface area contributed by atoms with Gasteiger partial charge in [-0.1, -0.05) is 13.8 Å². The van der Waals surface area contributed by atoms with Crippen molar-refractivity contribution in [2.45, 2.75) is 26.7 Å². The number of anilines is 2. The smallest absolute Gasteiger partial charge is 0.259 e. The molecule has 0 bridgehead atoms. The van der Waals surface area contributed by atoms with E-state index >= 15 is 0 Å². The standard InChI is InChI=1S/C20H26N3S/c1-5-11-22(3)15-7-9-17-19(13-15)24-20-14-16(23(4)12-6-2)8-10-18(20)21-17/h7-10,13-14H,5-6,11-12H2,1-4H3/q+1. The Bertz CT molecular complexity index is 780. The van der Waals surface area contributed by atoms with Crippen molar-refractivity contribution in [3.8, 4) is 0 Å². The minimum absolute atomic E-state index is 1.07. The molecule has 0 saturated heterocycles. The Labute approximate surface area is 148 Å². The van der Waals surface area contributed by atoms with Gasteiger partial charge in [0.05, 0.1) is 0 Å². The van der Waals surface area contributed by atoms with Crippen molar-refractivity contribution in [1.29, 1.82) is 0 Å². The second-order valence-corrected chi connectivity index (χ2v) is 7.44. The third-order valence-electron chi connectivity index (χ3n) is 4.35. The Hall–Kier alpha value is -1.94. The van der Waals surface area contributed by atoms with Gasteiger partial charge in [0, 0.05) is 50.7 Å². The second kappa shape index (κ2) is 7.31. The fourth-order valence-electron chi connectivity index (χ4n) is 3.01. The van der Waals surface area contributed by atoms with Crippen LogP contribution in [0.15, 0.2) is 36.4 Å². The van der Waals surface area contributed by atoms with Crippen LogP contribution in [-0.2, 0) is 0 Å². The molecular formula is C20H26N3S+. The van der Waals surface area contributed by atoms with Gasteiger partial charge in [0.2, 0.25) is 11.3 Å². The Balaban J connectivity index is 2.04. The summed E-state index contributed by atoms with van der Waals surface area (Å²) in [5.41, 5.74) is 4.69. The molecule has 0 amide bonds.